The summed E-state index contributed by atoms with van der Waals surface area (Å²) in [4.78, 5) is 23.8. The zero-order valence-corrected chi connectivity index (χ0v) is 8.97. The molecule has 0 heterocycles. The van der Waals surface area contributed by atoms with Crippen LogP contribution in [0.2, 0.25) is 0 Å². The third kappa shape index (κ3) is 6.49. The summed E-state index contributed by atoms with van der Waals surface area (Å²) in [7, 11) is 0. The first kappa shape index (κ1) is 13.4. The van der Waals surface area contributed by atoms with E-state index in [-0.39, 0.29) is 0 Å². The Morgan fingerprint density at radius 2 is 1.20 bits per heavy atom. The highest BCUT2D eigenvalue weighted by Gasteiger charge is 1.97. The first-order valence-electron chi connectivity index (χ1n) is 4.95. The Labute approximate surface area is 90.9 Å². The topological polar surface area (TPSA) is 40.6 Å². The molecule has 0 atom stereocenters. The zero-order chi connectivity index (χ0) is 11.5. The fraction of sp³-hybridized carbons (Fsp3) is 0.455. The van der Waals surface area contributed by atoms with E-state index in [0.717, 1.165) is 32.1 Å². The van der Waals surface area contributed by atoms with Crippen LogP contribution in [0.4, 0.5) is 0 Å². The molecule has 0 radical (unpaired) electrons. The third-order valence-corrected chi connectivity index (χ3v) is 2.07. The van der Waals surface area contributed by atoms with E-state index in [1.807, 2.05) is 0 Å². The highest BCUT2D eigenvalue weighted by molar-refractivity contribution is 5.48. The van der Waals surface area contributed by atoms with E-state index in [2.05, 4.69) is 13.2 Å². The number of carbonyl (C=O) groups is 2. The van der Waals surface area contributed by atoms with Gasteiger partial charge in [0, 0.05) is 13.1 Å². The maximum atomic E-state index is 10.4. The van der Waals surface area contributed by atoms with Gasteiger partial charge in [-0.05, 0) is 31.7 Å². The van der Waals surface area contributed by atoms with Gasteiger partial charge in [-0.3, -0.25) is 9.59 Å². The van der Waals surface area contributed by atoms with Crippen molar-refractivity contribution in [1.29, 1.82) is 0 Å². The lowest BCUT2D eigenvalue weighted by atomic mass is 10.2. The molecule has 0 aromatic carbocycles. The van der Waals surface area contributed by atoms with Crippen molar-refractivity contribution in [3.8, 4) is 0 Å². The van der Waals surface area contributed by atoms with Crippen molar-refractivity contribution in [2.45, 2.75) is 19.3 Å². The van der Waals surface area contributed by atoms with Gasteiger partial charge in [0.15, 0.2) is 0 Å². The van der Waals surface area contributed by atoms with E-state index < -0.39 is 0 Å². The summed E-state index contributed by atoms with van der Waals surface area (Å²) in [6, 6.07) is 0. The van der Waals surface area contributed by atoms with Crippen molar-refractivity contribution in [2.24, 2.45) is 0 Å². The number of nitrogens with zero attached hydrogens (tertiary/aromatic N) is 2. The molecular weight excluding hydrogens is 192 g/mol. The molecule has 0 aliphatic carbocycles. The second-order valence-electron chi connectivity index (χ2n) is 3.11. The largest absolute Gasteiger partial charge is 0.322 e. The summed E-state index contributed by atoms with van der Waals surface area (Å²) in [5.41, 5.74) is 0. The average molecular weight is 210 g/mol. The third-order valence-electron chi connectivity index (χ3n) is 2.07. The lowest BCUT2D eigenvalue weighted by Gasteiger charge is -2.13. The van der Waals surface area contributed by atoms with Crippen LogP contribution in [-0.4, -0.2) is 35.7 Å². The Morgan fingerprint density at radius 3 is 1.47 bits per heavy atom. The quantitative estimate of drug-likeness (QED) is 0.403. The summed E-state index contributed by atoms with van der Waals surface area (Å²) in [5, 5.41) is 0. The van der Waals surface area contributed by atoms with Crippen LogP contribution in [-0.2, 0) is 9.59 Å². The van der Waals surface area contributed by atoms with Gasteiger partial charge >= 0.3 is 0 Å². The second-order valence-corrected chi connectivity index (χ2v) is 3.11. The molecule has 15 heavy (non-hydrogen) atoms. The fourth-order valence-electron chi connectivity index (χ4n) is 1.14. The number of hydrogen-bond donors (Lipinski definition) is 0. The Morgan fingerprint density at radius 1 is 0.800 bits per heavy atom. The molecule has 0 aromatic heterocycles. The van der Waals surface area contributed by atoms with Crippen molar-refractivity contribution in [1.82, 2.24) is 9.80 Å². The highest BCUT2D eigenvalue weighted by atomic mass is 16.1. The summed E-state index contributed by atoms with van der Waals surface area (Å²) < 4.78 is 0. The van der Waals surface area contributed by atoms with E-state index in [1.54, 1.807) is 0 Å². The molecule has 0 aliphatic rings. The SMILES string of the molecule is C=CN(C=O)CCCCCN(C=C)C=O. The van der Waals surface area contributed by atoms with E-state index in [4.69, 9.17) is 0 Å². The maximum Gasteiger partial charge on any atom is 0.213 e. The average Bonchev–Trinajstić information content (AvgIpc) is 2.29. The Bertz CT molecular complexity index is 179. The smallest absolute Gasteiger partial charge is 0.213 e. The molecule has 4 heteroatoms. The van der Waals surface area contributed by atoms with Gasteiger partial charge in [-0.15, -0.1) is 0 Å². The number of amides is 2. The van der Waals surface area contributed by atoms with Gasteiger partial charge in [-0.1, -0.05) is 13.2 Å². The van der Waals surface area contributed by atoms with Gasteiger partial charge in [0.2, 0.25) is 12.8 Å². The predicted molar refractivity (Wildman–Crippen MR) is 59.8 cm³/mol. The Hall–Kier alpha value is -1.58. The minimum atomic E-state index is 0.683. The van der Waals surface area contributed by atoms with Crippen molar-refractivity contribution in [2.75, 3.05) is 13.1 Å². The molecule has 0 saturated heterocycles. The number of unbranched alkanes of at least 4 members (excludes halogenated alkanes) is 2. The van der Waals surface area contributed by atoms with Crippen LogP contribution in [0, 0.1) is 0 Å². The summed E-state index contributed by atoms with van der Waals surface area (Å²) in [5.74, 6) is 0. The zero-order valence-electron chi connectivity index (χ0n) is 8.97. The van der Waals surface area contributed by atoms with Crippen LogP contribution >= 0.6 is 0 Å². The molecule has 0 unspecified atom stereocenters. The molecule has 0 aromatic rings. The normalized spacial score (nSPS) is 9.07. The van der Waals surface area contributed by atoms with Gasteiger partial charge in [0.25, 0.3) is 0 Å². The molecule has 0 fully saturated rings. The molecular formula is C11H18N2O2. The van der Waals surface area contributed by atoms with Crippen molar-refractivity contribution < 1.29 is 9.59 Å². The van der Waals surface area contributed by atoms with Gasteiger partial charge < -0.3 is 9.80 Å². The van der Waals surface area contributed by atoms with E-state index in [9.17, 15) is 9.59 Å². The van der Waals surface area contributed by atoms with E-state index >= 15 is 0 Å². The number of carbonyl (C=O) groups excluding carboxylic acids is 2. The Kier molecular flexibility index (Phi) is 8.05. The van der Waals surface area contributed by atoms with Gasteiger partial charge in [0.05, 0.1) is 0 Å². The molecule has 0 saturated carbocycles. The fourth-order valence-corrected chi connectivity index (χ4v) is 1.14. The predicted octanol–water partition coefficient (Wildman–Crippen LogP) is 1.36. The molecule has 4 nitrogen and oxygen atoms in total. The van der Waals surface area contributed by atoms with Gasteiger partial charge in [-0.25, -0.2) is 0 Å². The monoisotopic (exact) mass is 210 g/mol. The van der Waals surface area contributed by atoms with Crippen LogP contribution in [0.25, 0.3) is 0 Å². The lowest BCUT2D eigenvalue weighted by molar-refractivity contribution is -0.116. The number of hydrogen-bond acceptors (Lipinski definition) is 2. The standard InChI is InChI=1S/C11H18N2O2/c1-3-12(10-14)8-6-5-7-9-13(4-2)11-15/h3-4,10-11H,1-2,5-9H2. The minimum absolute atomic E-state index is 0.683. The lowest BCUT2D eigenvalue weighted by Crippen LogP contribution is -2.17. The van der Waals surface area contributed by atoms with Gasteiger partial charge in [0.1, 0.15) is 0 Å². The summed E-state index contributed by atoms with van der Waals surface area (Å²) >= 11 is 0. The second kappa shape index (κ2) is 8.99. The Balaban J connectivity index is 3.45. The van der Waals surface area contributed by atoms with Crippen LogP contribution in [0.15, 0.2) is 25.6 Å². The van der Waals surface area contributed by atoms with E-state index in [0.29, 0.717) is 13.1 Å². The number of rotatable bonds is 10. The highest BCUT2D eigenvalue weighted by Crippen LogP contribution is 1.99. The first-order valence-corrected chi connectivity index (χ1v) is 4.95. The van der Waals surface area contributed by atoms with Crippen molar-refractivity contribution in [3.63, 3.8) is 0 Å². The van der Waals surface area contributed by atoms with Gasteiger partial charge in [-0.2, -0.15) is 0 Å². The molecule has 2 amide bonds. The maximum absolute atomic E-state index is 10.4. The molecule has 0 rings (SSSR count). The molecule has 0 bridgehead atoms. The van der Waals surface area contributed by atoms with Crippen LogP contribution in [0.5, 0.6) is 0 Å². The molecule has 0 spiro atoms. The van der Waals surface area contributed by atoms with Crippen LogP contribution in [0.1, 0.15) is 19.3 Å². The molecule has 84 valence electrons. The molecule has 0 aliphatic heterocycles. The minimum Gasteiger partial charge on any atom is -0.322 e. The van der Waals surface area contributed by atoms with Crippen LogP contribution in [0.3, 0.4) is 0 Å². The van der Waals surface area contributed by atoms with Crippen molar-refractivity contribution >= 4 is 12.8 Å². The van der Waals surface area contributed by atoms with Crippen molar-refractivity contribution in [3.05, 3.63) is 25.6 Å². The molecule has 0 N–H and O–H groups in total. The summed E-state index contributed by atoms with van der Waals surface area (Å²) in [6.07, 6.45) is 7.32. The first-order chi connectivity index (χ1) is 7.28. The van der Waals surface area contributed by atoms with Crippen LogP contribution < -0.4 is 0 Å². The van der Waals surface area contributed by atoms with E-state index in [1.165, 1.54) is 22.2 Å². The summed E-state index contributed by atoms with van der Waals surface area (Å²) in [6.45, 7) is 8.39.